The Bertz CT molecular complexity index is 561. The molecule has 0 radical (unpaired) electrons. The number of nitrogens with zero attached hydrogens (tertiary/aromatic N) is 1. The van der Waals surface area contributed by atoms with Gasteiger partial charge in [0, 0.05) is 19.7 Å². The molecule has 3 N–H and O–H groups in total. The number of hydrogen-bond acceptors (Lipinski definition) is 5. The highest BCUT2D eigenvalue weighted by Gasteiger charge is 2.18. The molecule has 1 rings (SSSR count). The summed E-state index contributed by atoms with van der Waals surface area (Å²) in [6, 6.07) is 5.10. The normalized spacial score (nSPS) is 13.1. The first-order valence-corrected chi connectivity index (χ1v) is 8.44. The number of rotatable bonds is 8. The van der Waals surface area contributed by atoms with Gasteiger partial charge in [0.25, 0.3) is 0 Å². The van der Waals surface area contributed by atoms with E-state index in [-0.39, 0.29) is 10.9 Å². The Morgan fingerprint density at radius 2 is 2.10 bits per heavy atom. The molecule has 0 aromatic heterocycles. The van der Waals surface area contributed by atoms with Crippen LogP contribution in [0.3, 0.4) is 0 Å². The van der Waals surface area contributed by atoms with Crippen LogP contribution in [0.2, 0.25) is 0 Å². The molecule has 0 aliphatic carbocycles. The zero-order chi connectivity index (χ0) is 16.0. The third-order valence-electron chi connectivity index (χ3n) is 3.55. The maximum atomic E-state index is 11.8. The molecule has 0 saturated heterocycles. The van der Waals surface area contributed by atoms with E-state index in [1.54, 1.807) is 19.2 Å². The van der Waals surface area contributed by atoms with Crippen molar-refractivity contribution in [2.24, 2.45) is 0 Å². The molecule has 0 aliphatic heterocycles. The molecule has 21 heavy (non-hydrogen) atoms. The van der Waals surface area contributed by atoms with Crippen LogP contribution in [0, 0.1) is 0 Å². The van der Waals surface area contributed by atoms with Crippen LogP contribution >= 0.6 is 0 Å². The van der Waals surface area contributed by atoms with Crippen molar-refractivity contribution in [2.75, 3.05) is 37.9 Å². The molecule has 0 saturated carbocycles. The van der Waals surface area contributed by atoms with Gasteiger partial charge in [0.1, 0.15) is 0 Å². The number of nitrogens with two attached hydrogens (primary N) is 1. The summed E-state index contributed by atoms with van der Waals surface area (Å²) in [6.45, 7) is 5.49. The van der Waals surface area contributed by atoms with E-state index >= 15 is 0 Å². The van der Waals surface area contributed by atoms with Gasteiger partial charge in [0.05, 0.1) is 22.9 Å². The SMILES string of the molecule is CCC(C)N(CCOC)c1ccc(S(=O)(=O)NC)cc1N. The van der Waals surface area contributed by atoms with Crippen LogP contribution in [0.4, 0.5) is 11.4 Å². The van der Waals surface area contributed by atoms with E-state index in [2.05, 4.69) is 23.5 Å². The first-order valence-electron chi connectivity index (χ1n) is 6.96. The maximum Gasteiger partial charge on any atom is 0.240 e. The Morgan fingerprint density at radius 1 is 1.43 bits per heavy atom. The monoisotopic (exact) mass is 315 g/mol. The first kappa shape index (κ1) is 17.7. The molecular formula is C14H25N3O3S. The summed E-state index contributed by atoms with van der Waals surface area (Å²) in [5.74, 6) is 0. The second-order valence-electron chi connectivity index (χ2n) is 4.87. The molecule has 1 unspecified atom stereocenters. The molecule has 6 nitrogen and oxygen atoms in total. The molecule has 1 aromatic carbocycles. The molecule has 7 heteroatoms. The Balaban J connectivity index is 3.16. The van der Waals surface area contributed by atoms with Gasteiger partial charge in [-0.2, -0.15) is 0 Å². The zero-order valence-corrected chi connectivity index (χ0v) is 13.9. The molecule has 120 valence electrons. The van der Waals surface area contributed by atoms with Crippen molar-refractivity contribution >= 4 is 21.4 Å². The summed E-state index contributed by atoms with van der Waals surface area (Å²) in [7, 11) is -0.447. The van der Waals surface area contributed by atoms with Gasteiger partial charge in [-0.25, -0.2) is 13.1 Å². The van der Waals surface area contributed by atoms with Gasteiger partial charge >= 0.3 is 0 Å². The lowest BCUT2D eigenvalue weighted by Crippen LogP contribution is -2.36. The minimum Gasteiger partial charge on any atom is -0.397 e. The molecule has 0 heterocycles. The number of benzene rings is 1. The minimum absolute atomic E-state index is 0.169. The van der Waals surface area contributed by atoms with E-state index in [1.165, 1.54) is 13.1 Å². The largest absolute Gasteiger partial charge is 0.397 e. The van der Waals surface area contributed by atoms with Crippen molar-refractivity contribution in [3.05, 3.63) is 18.2 Å². The molecular weight excluding hydrogens is 290 g/mol. The lowest BCUT2D eigenvalue weighted by Gasteiger charge is -2.31. The Kier molecular flexibility index (Phi) is 6.44. The molecule has 1 aromatic rings. The second kappa shape index (κ2) is 7.63. The van der Waals surface area contributed by atoms with Crippen LogP contribution in [-0.4, -0.2) is 41.8 Å². The molecule has 0 fully saturated rings. The van der Waals surface area contributed by atoms with Crippen LogP contribution in [-0.2, 0) is 14.8 Å². The fraction of sp³-hybridized carbons (Fsp3) is 0.571. The third kappa shape index (κ3) is 4.33. The summed E-state index contributed by atoms with van der Waals surface area (Å²) < 4.78 is 31.0. The zero-order valence-electron chi connectivity index (χ0n) is 13.1. The van der Waals surface area contributed by atoms with E-state index in [9.17, 15) is 8.42 Å². The van der Waals surface area contributed by atoms with Crippen molar-refractivity contribution in [2.45, 2.75) is 31.2 Å². The van der Waals surface area contributed by atoms with E-state index in [1.807, 2.05) is 0 Å². The smallest absolute Gasteiger partial charge is 0.240 e. The summed E-state index contributed by atoms with van der Waals surface area (Å²) >= 11 is 0. The molecule has 1 atom stereocenters. The lowest BCUT2D eigenvalue weighted by atomic mass is 10.1. The van der Waals surface area contributed by atoms with Crippen molar-refractivity contribution < 1.29 is 13.2 Å². The highest BCUT2D eigenvalue weighted by molar-refractivity contribution is 7.89. The molecule has 0 amide bonds. The average Bonchev–Trinajstić information content (AvgIpc) is 2.48. The standard InChI is InChI=1S/C14H25N3O3S/c1-5-11(2)17(8-9-20-4)14-7-6-12(10-13(14)15)21(18,19)16-3/h6-7,10-11,16H,5,8-9,15H2,1-4H3. The van der Waals surface area contributed by atoms with Gasteiger partial charge in [-0.15, -0.1) is 0 Å². The summed E-state index contributed by atoms with van der Waals surface area (Å²) in [5.41, 5.74) is 7.34. The summed E-state index contributed by atoms with van der Waals surface area (Å²) in [5, 5.41) is 0. The predicted molar refractivity (Wildman–Crippen MR) is 86.1 cm³/mol. The van der Waals surface area contributed by atoms with Crippen LogP contribution in [0.25, 0.3) is 0 Å². The molecule has 0 aliphatic rings. The van der Waals surface area contributed by atoms with Crippen molar-refractivity contribution in [3.8, 4) is 0 Å². The third-order valence-corrected chi connectivity index (χ3v) is 4.96. The number of nitrogens with one attached hydrogen (secondary N) is 1. The van der Waals surface area contributed by atoms with E-state index in [0.717, 1.165) is 12.1 Å². The van der Waals surface area contributed by atoms with Crippen LogP contribution in [0.1, 0.15) is 20.3 Å². The predicted octanol–water partition coefficient (Wildman–Crippen LogP) is 1.43. The van der Waals surface area contributed by atoms with Crippen LogP contribution in [0.15, 0.2) is 23.1 Å². The average molecular weight is 315 g/mol. The quantitative estimate of drug-likeness (QED) is 0.709. The van der Waals surface area contributed by atoms with Crippen LogP contribution in [0.5, 0.6) is 0 Å². The van der Waals surface area contributed by atoms with Crippen LogP contribution < -0.4 is 15.4 Å². The van der Waals surface area contributed by atoms with Gasteiger partial charge in [0.2, 0.25) is 10.0 Å². The summed E-state index contributed by atoms with van der Waals surface area (Å²) in [4.78, 5) is 2.30. The van der Waals surface area contributed by atoms with Gasteiger partial charge in [-0.1, -0.05) is 6.92 Å². The van der Waals surface area contributed by atoms with Gasteiger partial charge in [-0.05, 0) is 38.6 Å². The lowest BCUT2D eigenvalue weighted by molar-refractivity contribution is 0.203. The topological polar surface area (TPSA) is 84.7 Å². The van der Waals surface area contributed by atoms with Crippen molar-refractivity contribution in [1.82, 2.24) is 4.72 Å². The number of ether oxygens (including phenoxy) is 1. The number of sulfonamides is 1. The molecule has 0 bridgehead atoms. The fourth-order valence-corrected chi connectivity index (χ4v) is 2.83. The van der Waals surface area contributed by atoms with Crippen molar-refractivity contribution in [3.63, 3.8) is 0 Å². The molecule has 0 spiro atoms. The van der Waals surface area contributed by atoms with Crippen molar-refractivity contribution in [1.29, 1.82) is 0 Å². The Labute approximate surface area is 127 Å². The number of nitrogen functional groups attached to an aromatic ring is 1. The summed E-state index contributed by atoms with van der Waals surface area (Å²) in [6.07, 6.45) is 0.958. The van der Waals surface area contributed by atoms with E-state index in [0.29, 0.717) is 18.8 Å². The number of methoxy groups -OCH3 is 1. The van der Waals surface area contributed by atoms with E-state index in [4.69, 9.17) is 10.5 Å². The van der Waals surface area contributed by atoms with Gasteiger partial charge in [0.15, 0.2) is 0 Å². The Hall–Kier alpha value is -1.31. The van der Waals surface area contributed by atoms with Gasteiger partial charge in [-0.3, -0.25) is 0 Å². The fourth-order valence-electron chi connectivity index (χ4n) is 2.07. The highest BCUT2D eigenvalue weighted by atomic mass is 32.2. The highest BCUT2D eigenvalue weighted by Crippen LogP contribution is 2.28. The first-order chi connectivity index (χ1) is 9.87. The number of anilines is 2. The Morgan fingerprint density at radius 3 is 2.57 bits per heavy atom. The number of hydrogen-bond donors (Lipinski definition) is 2. The minimum atomic E-state index is -3.48. The second-order valence-corrected chi connectivity index (χ2v) is 6.76. The van der Waals surface area contributed by atoms with E-state index < -0.39 is 10.0 Å². The maximum absolute atomic E-state index is 11.8. The van der Waals surface area contributed by atoms with Gasteiger partial charge < -0.3 is 15.4 Å².